The first-order valence-electron chi connectivity index (χ1n) is 13.5. The number of nitrogens with one attached hydrogen (secondary N) is 2. The number of rotatable bonds is 17. The van der Waals surface area contributed by atoms with Gasteiger partial charge in [0.2, 0.25) is 6.79 Å². The lowest BCUT2D eigenvalue weighted by Gasteiger charge is -2.32. The lowest BCUT2D eigenvalue weighted by Crippen LogP contribution is -2.50. The van der Waals surface area contributed by atoms with Crippen LogP contribution in [-0.2, 0) is 22.1 Å². The number of fused-ring (bicyclic) bond motifs is 1. The van der Waals surface area contributed by atoms with Crippen molar-refractivity contribution < 1.29 is 33.1 Å². The predicted octanol–water partition coefficient (Wildman–Crippen LogP) is 4.48. The van der Waals surface area contributed by atoms with E-state index in [0.717, 1.165) is 17.0 Å². The van der Waals surface area contributed by atoms with Crippen LogP contribution in [-0.4, -0.2) is 78.3 Å². The van der Waals surface area contributed by atoms with Gasteiger partial charge in [-0.2, -0.15) is 0 Å². The maximum atomic E-state index is 13.7. The highest BCUT2D eigenvalue weighted by molar-refractivity contribution is 8.02. The van der Waals surface area contributed by atoms with Crippen molar-refractivity contribution in [2.75, 3.05) is 46.4 Å². The number of nitrogens with zero attached hydrogens (tertiary/aromatic N) is 1. The summed E-state index contributed by atoms with van der Waals surface area (Å²) in [7, 11) is 1.87. The number of amides is 1. The molecule has 12 heteroatoms. The van der Waals surface area contributed by atoms with Crippen molar-refractivity contribution in [3.63, 3.8) is 0 Å². The Kier molecular flexibility index (Phi) is 13.1. The maximum Gasteiger partial charge on any atom is 0.404 e. The van der Waals surface area contributed by atoms with Gasteiger partial charge in [0.05, 0.1) is 22.7 Å². The third kappa shape index (κ3) is 10.1. The second kappa shape index (κ2) is 16.5. The van der Waals surface area contributed by atoms with E-state index in [9.17, 15) is 14.1 Å². The summed E-state index contributed by atoms with van der Waals surface area (Å²) in [6.45, 7) is 7.50. The Balaban J connectivity index is 1.73. The van der Waals surface area contributed by atoms with Crippen LogP contribution in [0.25, 0.3) is 0 Å². The lowest BCUT2D eigenvalue weighted by molar-refractivity contribution is 0.0524. The summed E-state index contributed by atoms with van der Waals surface area (Å²) in [4.78, 5) is 12.3. The number of ether oxygens (including phenoxy) is 4. The standard InChI is InChI=1S/C29H41N3O7S2/c1-6-40-18-22(30-4)17-37-23-9-7-21(8-10-23)13-25(31-29(33)34)28(36-5)16-32(15-20(2)3)41(35)24-11-12-26-27(14-24)39-19-38-26/h7-12,14,18,20,25,28,30-31H,6,13,15-17,19H2,1-5H3,(H,33,34)/b22-18-/t25-,28?,41?/m0/s1. The molecule has 41 heavy (non-hydrogen) atoms. The van der Waals surface area contributed by atoms with Crippen molar-refractivity contribution in [3.8, 4) is 17.2 Å². The minimum Gasteiger partial charge on any atom is -0.487 e. The molecule has 3 N–H and O–H groups in total. The normalized spacial score (nSPS) is 15.0. The molecular weight excluding hydrogens is 566 g/mol. The number of hydrogen-bond donors (Lipinski definition) is 3. The molecule has 1 amide bonds. The molecule has 0 radical (unpaired) electrons. The van der Waals surface area contributed by atoms with Crippen LogP contribution in [0.5, 0.6) is 17.2 Å². The van der Waals surface area contributed by atoms with E-state index in [0.29, 0.717) is 41.7 Å². The first-order chi connectivity index (χ1) is 19.7. The molecule has 1 heterocycles. The molecule has 0 aliphatic carbocycles. The minimum atomic E-state index is -1.53. The Morgan fingerprint density at radius 1 is 1.17 bits per heavy atom. The molecule has 0 spiro atoms. The second-order valence-corrected chi connectivity index (χ2v) is 12.5. The van der Waals surface area contributed by atoms with Crippen molar-refractivity contribution in [2.24, 2.45) is 5.92 Å². The molecule has 0 saturated carbocycles. The van der Waals surface area contributed by atoms with Gasteiger partial charge in [0.1, 0.15) is 23.3 Å². The molecule has 2 unspecified atom stereocenters. The van der Waals surface area contributed by atoms with E-state index in [2.05, 4.69) is 17.6 Å². The number of benzene rings is 2. The summed E-state index contributed by atoms with van der Waals surface area (Å²) < 4.78 is 38.1. The van der Waals surface area contributed by atoms with Crippen LogP contribution in [0.3, 0.4) is 0 Å². The monoisotopic (exact) mass is 607 g/mol. The summed E-state index contributed by atoms with van der Waals surface area (Å²) in [6, 6.07) is 12.2. The Labute approximate surface area is 249 Å². The topological polar surface area (TPSA) is 119 Å². The van der Waals surface area contributed by atoms with Crippen LogP contribution in [0, 0.1) is 5.92 Å². The van der Waals surface area contributed by atoms with Gasteiger partial charge in [0.15, 0.2) is 11.5 Å². The summed E-state index contributed by atoms with van der Waals surface area (Å²) in [5.41, 5.74) is 1.90. The highest BCUT2D eigenvalue weighted by Crippen LogP contribution is 2.34. The third-order valence-corrected chi connectivity index (χ3v) is 8.49. The highest BCUT2D eigenvalue weighted by Gasteiger charge is 2.29. The van der Waals surface area contributed by atoms with E-state index in [1.807, 2.05) is 54.9 Å². The Morgan fingerprint density at radius 2 is 1.90 bits per heavy atom. The summed E-state index contributed by atoms with van der Waals surface area (Å²) >= 11 is 1.70. The van der Waals surface area contributed by atoms with E-state index in [1.54, 1.807) is 37.1 Å². The van der Waals surface area contributed by atoms with Crippen molar-refractivity contribution in [1.82, 2.24) is 14.9 Å². The van der Waals surface area contributed by atoms with E-state index in [1.165, 1.54) is 0 Å². The third-order valence-electron chi connectivity index (χ3n) is 6.28. The van der Waals surface area contributed by atoms with E-state index in [4.69, 9.17) is 18.9 Å². The van der Waals surface area contributed by atoms with Crippen molar-refractivity contribution in [2.45, 2.75) is 44.2 Å². The fourth-order valence-corrected chi connectivity index (χ4v) is 6.20. The fraction of sp³-hybridized carbons (Fsp3) is 0.483. The average molecular weight is 608 g/mol. The summed E-state index contributed by atoms with van der Waals surface area (Å²) in [5, 5.41) is 17.4. The molecular formula is C29H41N3O7S2. The zero-order chi connectivity index (χ0) is 29.8. The lowest BCUT2D eigenvalue weighted by atomic mass is 10.0. The van der Waals surface area contributed by atoms with Gasteiger partial charge in [-0.3, -0.25) is 0 Å². The number of thioether (sulfide) groups is 1. The summed E-state index contributed by atoms with van der Waals surface area (Å²) in [6.07, 6.45) is -1.34. The van der Waals surface area contributed by atoms with E-state index < -0.39 is 29.2 Å². The van der Waals surface area contributed by atoms with Crippen molar-refractivity contribution >= 4 is 28.8 Å². The van der Waals surface area contributed by atoms with Crippen LogP contribution in [0.1, 0.15) is 26.3 Å². The van der Waals surface area contributed by atoms with Crippen LogP contribution >= 0.6 is 11.8 Å². The van der Waals surface area contributed by atoms with Gasteiger partial charge in [0.25, 0.3) is 0 Å². The Morgan fingerprint density at radius 3 is 2.54 bits per heavy atom. The van der Waals surface area contributed by atoms with Gasteiger partial charge in [-0.15, -0.1) is 11.8 Å². The van der Waals surface area contributed by atoms with Gasteiger partial charge in [-0.05, 0) is 53.3 Å². The van der Waals surface area contributed by atoms with E-state index in [-0.39, 0.29) is 19.3 Å². The van der Waals surface area contributed by atoms with Crippen LogP contribution in [0.2, 0.25) is 0 Å². The van der Waals surface area contributed by atoms with Crippen molar-refractivity contribution in [1.29, 1.82) is 0 Å². The zero-order valence-corrected chi connectivity index (χ0v) is 25.9. The van der Waals surface area contributed by atoms with Crippen molar-refractivity contribution in [3.05, 3.63) is 59.1 Å². The molecule has 3 rings (SSSR count). The second-order valence-electron chi connectivity index (χ2n) is 9.82. The van der Waals surface area contributed by atoms with Gasteiger partial charge in [-0.25, -0.2) is 13.3 Å². The van der Waals surface area contributed by atoms with Gasteiger partial charge >= 0.3 is 6.09 Å². The molecule has 1 aliphatic heterocycles. The first-order valence-corrected chi connectivity index (χ1v) is 15.7. The fourth-order valence-electron chi connectivity index (χ4n) is 4.24. The number of carbonyl (C=O) groups is 1. The van der Waals surface area contributed by atoms with Gasteiger partial charge < -0.3 is 34.7 Å². The molecule has 2 aromatic carbocycles. The van der Waals surface area contributed by atoms with E-state index >= 15 is 0 Å². The molecule has 0 saturated heterocycles. The molecule has 10 nitrogen and oxygen atoms in total. The number of carboxylic acid groups (broad SMARTS) is 1. The largest absolute Gasteiger partial charge is 0.487 e. The molecule has 3 atom stereocenters. The van der Waals surface area contributed by atoms with Gasteiger partial charge in [0, 0.05) is 33.3 Å². The molecule has 2 aromatic rings. The molecule has 0 fully saturated rings. The maximum absolute atomic E-state index is 13.7. The van der Waals surface area contributed by atoms with Gasteiger partial charge in [-0.1, -0.05) is 32.9 Å². The van der Waals surface area contributed by atoms with Crippen LogP contribution in [0.4, 0.5) is 4.79 Å². The Hall–Kier alpha value is -2.93. The number of hydrogen-bond acceptors (Lipinski definition) is 8. The zero-order valence-electron chi connectivity index (χ0n) is 24.3. The molecule has 0 aromatic heterocycles. The number of methoxy groups -OCH3 is 1. The smallest absolute Gasteiger partial charge is 0.404 e. The van der Waals surface area contributed by atoms with Crippen LogP contribution < -0.4 is 24.8 Å². The SMILES string of the molecule is CCS/C=C(/COc1ccc(C[C@H](NC(=O)O)C(CN(CC(C)C)S(=O)c2ccc3c(c2)OCO3)OC)cc1)NC. The minimum absolute atomic E-state index is 0.134. The average Bonchev–Trinajstić information content (AvgIpc) is 3.43. The molecule has 226 valence electrons. The predicted molar refractivity (Wildman–Crippen MR) is 162 cm³/mol. The quantitative estimate of drug-likeness (QED) is 0.239. The molecule has 1 aliphatic rings. The first kappa shape index (κ1) is 32.6. The highest BCUT2D eigenvalue weighted by atomic mass is 32.2. The van der Waals surface area contributed by atoms with Crippen LogP contribution in [0.15, 0.2) is 58.5 Å². The summed E-state index contributed by atoms with van der Waals surface area (Å²) in [5.74, 6) is 3.08. The molecule has 0 bridgehead atoms. The Bertz CT molecular complexity index is 1180. The number of likely N-dealkylation sites (N-methyl/N-ethyl adjacent to an activating group) is 1.